The van der Waals surface area contributed by atoms with Gasteiger partial charge in [0.25, 0.3) is 5.91 Å². The van der Waals surface area contributed by atoms with Gasteiger partial charge in [-0.05, 0) is 37.5 Å². The Morgan fingerprint density at radius 2 is 1.97 bits per heavy atom. The first-order chi connectivity index (χ1) is 15.3. The largest absolute Gasteiger partial charge is 0.495 e. The molecule has 11 heteroatoms. The van der Waals surface area contributed by atoms with Gasteiger partial charge in [-0.3, -0.25) is 4.79 Å². The number of ether oxygens (including phenoxy) is 2. The van der Waals surface area contributed by atoms with Crippen molar-refractivity contribution in [1.29, 1.82) is 0 Å². The molecule has 2 N–H and O–H groups in total. The molecule has 2 fully saturated rings. The van der Waals surface area contributed by atoms with Crippen LogP contribution in [0.25, 0.3) is 0 Å². The van der Waals surface area contributed by atoms with Crippen molar-refractivity contribution in [3.05, 3.63) is 35.0 Å². The van der Waals surface area contributed by atoms with Crippen molar-refractivity contribution in [2.45, 2.75) is 32.0 Å². The van der Waals surface area contributed by atoms with Gasteiger partial charge in [-0.25, -0.2) is 4.98 Å². The van der Waals surface area contributed by atoms with E-state index in [1.807, 2.05) is 0 Å². The van der Waals surface area contributed by atoms with Gasteiger partial charge in [0, 0.05) is 30.9 Å². The van der Waals surface area contributed by atoms with Crippen LogP contribution in [-0.2, 0) is 10.9 Å². The van der Waals surface area contributed by atoms with E-state index in [0.717, 1.165) is 19.0 Å². The van der Waals surface area contributed by atoms with E-state index in [-0.39, 0.29) is 23.7 Å². The van der Waals surface area contributed by atoms with E-state index in [4.69, 9.17) is 9.47 Å². The standard InChI is InChI=1S/C21H24F3N5O3/c1-12-9-16(17(31-2)10-14(12)19(30)29-5-7-32-8-6-29)27-20-25-11-15(21(22,23)24)18(28-20)26-13-3-4-13/h9-11,13H,3-8H2,1-2H3,(H2,25,26,27,28). The fourth-order valence-electron chi connectivity index (χ4n) is 3.42. The molecule has 1 amide bonds. The molecule has 0 spiro atoms. The second-order valence-electron chi connectivity index (χ2n) is 7.77. The van der Waals surface area contributed by atoms with Crippen molar-refractivity contribution in [3.8, 4) is 5.75 Å². The van der Waals surface area contributed by atoms with Crippen molar-refractivity contribution in [2.75, 3.05) is 44.0 Å². The van der Waals surface area contributed by atoms with E-state index in [0.29, 0.717) is 48.9 Å². The summed E-state index contributed by atoms with van der Waals surface area (Å²) < 4.78 is 50.7. The predicted octanol–water partition coefficient (Wildman–Crippen LogP) is 3.60. The van der Waals surface area contributed by atoms with Crippen LogP contribution in [0.15, 0.2) is 18.3 Å². The number of aryl methyl sites for hydroxylation is 1. The minimum atomic E-state index is -4.56. The normalized spacial score (nSPS) is 16.6. The Labute approximate surface area is 183 Å². The van der Waals surface area contributed by atoms with E-state index in [9.17, 15) is 18.0 Å². The molecule has 2 heterocycles. The minimum Gasteiger partial charge on any atom is -0.495 e. The number of anilines is 3. The van der Waals surface area contributed by atoms with Crippen LogP contribution in [0.2, 0.25) is 0 Å². The molecule has 172 valence electrons. The smallest absolute Gasteiger partial charge is 0.421 e. The van der Waals surface area contributed by atoms with Gasteiger partial charge in [0.15, 0.2) is 0 Å². The second-order valence-corrected chi connectivity index (χ2v) is 7.77. The highest BCUT2D eigenvalue weighted by molar-refractivity contribution is 5.97. The number of hydrogen-bond acceptors (Lipinski definition) is 7. The number of morpholine rings is 1. The van der Waals surface area contributed by atoms with Crippen LogP contribution in [0, 0.1) is 6.92 Å². The molecule has 2 aromatic rings. The van der Waals surface area contributed by atoms with Crippen LogP contribution < -0.4 is 15.4 Å². The first-order valence-corrected chi connectivity index (χ1v) is 10.3. The van der Waals surface area contributed by atoms with Gasteiger partial charge >= 0.3 is 6.18 Å². The average Bonchev–Trinajstić information content (AvgIpc) is 3.57. The Morgan fingerprint density at radius 1 is 1.25 bits per heavy atom. The van der Waals surface area contributed by atoms with Crippen molar-refractivity contribution in [1.82, 2.24) is 14.9 Å². The number of carbonyl (C=O) groups is 1. The molecule has 8 nitrogen and oxygen atoms in total. The van der Waals surface area contributed by atoms with Crippen LogP contribution in [0.3, 0.4) is 0 Å². The number of halogens is 3. The molecule has 1 aliphatic heterocycles. The maximum Gasteiger partial charge on any atom is 0.421 e. The zero-order valence-electron chi connectivity index (χ0n) is 17.8. The van der Waals surface area contributed by atoms with Gasteiger partial charge in [0.05, 0.1) is 26.0 Å². The lowest BCUT2D eigenvalue weighted by Gasteiger charge is -2.27. The number of methoxy groups -OCH3 is 1. The van der Waals surface area contributed by atoms with Crippen LogP contribution in [0.4, 0.5) is 30.6 Å². The third-order valence-corrected chi connectivity index (χ3v) is 5.33. The van der Waals surface area contributed by atoms with Crippen molar-refractivity contribution in [2.24, 2.45) is 0 Å². The number of alkyl halides is 3. The number of nitrogens with one attached hydrogen (secondary N) is 2. The quantitative estimate of drug-likeness (QED) is 0.694. The Balaban J connectivity index is 1.61. The summed E-state index contributed by atoms with van der Waals surface area (Å²) in [6.45, 7) is 3.79. The number of carbonyl (C=O) groups excluding carboxylic acids is 1. The molecule has 1 saturated heterocycles. The molecule has 0 atom stereocenters. The number of benzene rings is 1. The molecule has 1 aliphatic carbocycles. The van der Waals surface area contributed by atoms with Crippen LogP contribution in [0.1, 0.15) is 34.3 Å². The summed E-state index contributed by atoms with van der Waals surface area (Å²) >= 11 is 0. The highest BCUT2D eigenvalue weighted by Crippen LogP contribution is 2.37. The van der Waals surface area contributed by atoms with E-state index >= 15 is 0 Å². The molecule has 1 aromatic heterocycles. The lowest BCUT2D eigenvalue weighted by atomic mass is 10.1. The average molecular weight is 451 g/mol. The summed E-state index contributed by atoms with van der Waals surface area (Å²) in [6.07, 6.45) is -2.20. The number of rotatable bonds is 6. The highest BCUT2D eigenvalue weighted by atomic mass is 19.4. The topological polar surface area (TPSA) is 88.6 Å². The predicted molar refractivity (Wildman–Crippen MR) is 111 cm³/mol. The zero-order chi connectivity index (χ0) is 22.9. The molecule has 0 unspecified atom stereocenters. The number of amides is 1. The summed E-state index contributed by atoms with van der Waals surface area (Å²) in [5, 5.41) is 5.74. The Kier molecular flexibility index (Phi) is 6.09. The van der Waals surface area contributed by atoms with Gasteiger partial charge < -0.3 is 25.0 Å². The third kappa shape index (κ3) is 4.87. The van der Waals surface area contributed by atoms with Gasteiger partial charge in [0.1, 0.15) is 17.1 Å². The van der Waals surface area contributed by atoms with Gasteiger partial charge in [-0.15, -0.1) is 0 Å². The van der Waals surface area contributed by atoms with Crippen LogP contribution >= 0.6 is 0 Å². The summed E-state index contributed by atoms with van der Waals surface area (Å²) in [5.41, 5.74) is 0.706. The molecule has 1 aromatic carbocycles. The Bertz CT molecular complexity index is 1000. The lowest BCUT2D eigenvalue weighted by Crippen LogP contribution is -2.40. The fourth-order valence-corrected chi connectivity index (χ4v) is 3.42. The number of aromatic nitrogens is 2. The molecule has 0 radical (unpaired) electrons. The van der Waals surface area contributed by atoms with Crippen molar-refractivity contribution < 1.29 is 27.4 Å². The second kappa shape index (κ2) is 8.81. The van der Waals surface area contributed by atoms with E-state index in [1.165, 1.54) is 7.11 Å². The van der Waals surface area contributed by atoms with E-state index in [2.05, 4.69) is 20.6 Å². The molecular formula is C21H24F3N5O3. The first kappa shape index (κ1) is 22.1. The first-order valence-electron chi connectivity index (χ1n) is 10.3. The van der Waals surface area contributed by atoms with Crippen molar-refractivity contribution in [3.63, 3.8) is 0 Å². The van der Waals surface area contributed by atoms with Gasteiger partial charge in [-0.1, -0.05) is 0 Å². The number of hydrogen-bond donors (Lipinski definition) is 2. The SMILES string of the molecule is COc1cc(C(=O)N2CCOCC2)c(C)cc1Nc1ncc(C(F)(F)F)c(NC2CC2)n1. The molecule has 1 saturated carbocycles. The molecule has 4 rings (SSSR count). The summed E-state index contributed by atoms with van der Waals surface area (Å²) in [5.74, 6) is -0.0387. The van der Waals surface area contributed by atoms with E-state index < -0.39 is 11.7 Å². The lowest BCUT2D eigenvalue weighted by molar-refractivity contribution is -0.137. The summed E-state index contributed by atoms with van der Waals surface area (Å²) in [4.78, 5) is 22.5. The minimum absolute atomic E-state index is 0.00824. The third-order valence-electron chi connectivity index (χ3n) is 5.33. The zero-order valence-corrected chi connectivity index (χ0v) is 17.8. The highest BCUT2D eigenvalue weighted by Gasteiger charge is 2.37. The number of nitrogens with zero attached hydrogens (tertiary/aromatic N) is 3. The van der Waals surface area contributed by atoms with Crippen LogP contribution in [-0.4, -0.2) is 60.2 Å². The van der Waals surface area contributed by atoms with Crippen LogP contribution in [0.5, 0.6) is 5.75 Å². The summed E-state index contributed by atoms with van der Waals surface area (Å²) in [6, 6.07) is 3.30. The fraction of sp³-hybridized carbons (Fsp3) is 0.476. The maximum atomic E-state index is 13.3. The van der Waals surface area contributed by atoms with Gasteiger partial charge in [-0.2, -0.15) is 18.2 Å². The molecule has 32 heavy (non-hydrogen) atoms. The molecule has 0 bridgehead atoms. The maximum absolute atomic E-state index is 13.3. The molecule has 2 aliphatic rings. The van der Waals surface area contributed by atoms with Gasteiger partial charge in [0.2, 0.25) is 5.95 Å². The monoisotopic (exact) mass is 451 g/mol. The summed E-state index contributed by atoms with van der Waals surface area (Å²) in [7, 11) is 1.45. The Hall–Kier alpha value is -3.08. The molecular weight excluding hydrogens is 427 g/mol. The van der Waals surface area contributed by atoms with Crippen molar-refractivity contribution >= 4 is 23.4 Å². The Morgan fingerprint density at radius 3 is 2.59 bits per heavy atom. The van der Waals surface area contributed by atoms with E-state index in [1.54, 1.807) is 24.0 Å².